The molecule has 7 nitrogen and oxygen atoms in total. The van der Waals surface area contributed by atoms with Crippen molar-refractivity contribution < 1.29 is 28.9 Å². The number of halogens is 2. The summed E-state index contributed by atoms with van der Waals surface area (Å²) in [5.74, 6) is -3.58. The highest BCUT2D eigenvalue weighted by Gasteiger charge is 2.67. The van der Waals surface area contributed by atoms with Crippen molar-refractivity contribution in [3.63, 3.8) is 0 Å². The average molecular weight is 659 g/mol. The van der Waals surface area contributed by atoms with Gasteiger partial charge < -0.3 is 19.3 Å². The molecule has 4 aromatic carbocycles. The maximum atomic E-state index is 14.9. The zero-order valence-corrected chi connectivity index (χ0v) is 27.1. The van der Waals surface area contributed by atoms with E-state index in [1.807, 2.05) is 0 Å². The van der Waals surface area contributed by atoms with Crippen molar-refractivity contribution in [2.24, 2.45) is 11.3 Å². The molecule has 0 bridgehead atoms. The van der Waals surface area contributed by atoms with Gasteiger partial charge in [-0.05, 0) is 90.7 Å². The number of rotatable bonds is 9. The highest BCUT2D eigenvalue weighted by Crippen LogP contribution is 2.64. The minimum atomic E-state index is -1.95. The molecule has 0 saturated heterocycles. The van der Waals surface area contributed by atoms with Gasteiger partial charge in [-0.1, -0.05) is 59.6 Å². The van der Waals surface area contributed by atoms with Crippen LogP contribution in [0.5, 0.6) is 11.5 Å². The van der Waals surface area contributed by atoms with Gasteiger partial charge in [0.15, 0.2) is 11.2 Å². The molecule has 0 aromatic heterocycles. The van der Waals surface area contributed by atoms with Crippen molar-refractivity contribution in [3.05, 3.63) is 129 Å². The summed E-state index contributed by atoms with van der Waals surface area (Å²) in [7, 11) is 3.07. The van der Waals surface area contributed by atoms with Gasteiger partial charge in [-0.15, -0.1) is 0 Å². The molecule has 1 aliphatic carbocycles. The van der Waals surface area contributed by atoms with E-state index < -0.39 is 40.5 Å². The molecule has 46 heavy (non-hydrogen) atoms. The van der Waals surface area contributed by atoms with Gasteiger partial charge in [0.05, 0.1) is 32.8 Å². The summed E-state index contributed by atoms with van der Waals surface area (Å²) in [6, 6.07) is 29.1. The Bertz CT molecular complexity index is 1740. The largest absolute Gasteiger partial charge is 0.497 e. The van der Waals surface area contributed by atoms with Crippen LogP contribution >= 0.6 is 23.2 Å². The number of hydrogen-bond acceptors (Lipinski definition) is 7. The van der Waals surface area contributed by atoms with E-state index in [2.05, 4.69) is 6.07 Å². The number of carbonyl (C=O) groups is 2. The Morgan fingerprint density at radius 2 is 1.33 bits per heavy atom. The van der Waals surface area contributed by atoms with Crippen molar-refractivity contribution in [2.75, 3.05) is 20.8 Å². The molecule has 0 radical (unpaired) electrons. The fourth-order valence-corrected chi connectivity index (χ4v) is 7.00. The SMILES string of the molecule is CCOC(=O)[C@@]1(C#N)[C@H](c2ccc(OC)cc2)[C@H](C(=O)c2ccc(Cl)cc2)[C@@](O)(c2ccc(Cl)cc2)C[C@H]1c1ccc(OC)cc1. The monoisotopic (exact) mass is 657 g/mol. The third-order valence-corrected chi connectivity index (χ3v) is 9.45. The third-order valence-electron chi connectivity index (χ3n) is 8.95. The van der Waals surface area contributed by atoms with Gasteiger partial charge >= 0.3 is 5.97 Å². The van der Waals surface area contributed by atoms with Crippen molar-refractivity contribution in [3.8, 4) is 17.6 Å². The Morgan fingerprint density at radius 3 is 1.80 bits per heavy atom. The van der Waals surface area contributed by atoms with Gasteiger partial charge in [0, 0.05) is 27.4 Å². The number of benzene rings is 4. The number of aliphatic hydroxyl groups is 1. The first kappa shape index (κ1) is 33.0. The topological polar surface area (TPSA) is 106 Å². The first-order chi connectivity index (χ1) is 22.1. The van der Waals surface area contributed by atoms with Gasteiger partial charge in [0.1, 0.15) is 17.1 Å². The predicted molar refractivity (Wildman–Crippen MR) is 175 cm³/mol. The lowest BCUT2D eigenvalue weighted by molar-refractivity contribution is -0.164. The number of hydrogen-bond donors (Lipinski definition) is 1. The molecule has 1 saturated carbocycles. The molecule has 0 heterocycles. The van der Waals surface area contributed by atoms with E-state index >= 15 is 0 Å². The van der Waals surface area contributed by atoms with E-state index in [0.29, 0.717) is 38.2 Å². The van der Waals surface area contributed by atoms with Crippen LogP contribution in [0.1, 0.15) is 52.2 Å². The Balaban J connectivity index is 1.88. The quantitative estimate of drug-likeness (QED) is 0.145. The van der Waals surface area contributed by atoms with Gasteiger partial charge in [0.2, 0.25) is 0 Å². The molecule has 1 aliphatic rings. The minimum absolute atomic E-state index is 0.00414. The zero-order valence-electron chi connectivity index (χ0n) is 25.6. The van der Waals surface area contributed by atoms with Crippen LogP contribution in [-0.4, -0.2) is 37.7 Å². The summed E-state index contributed by atoms with van der Waals surface area (Å²) in [6.07, 6.45) is -0.163. The minimum Gasteiger partial charge on any atom is -0.497 e. The summed E-state index contributed by atoms with van der Waals surface area (Å²) in [5, 5.41) is 25.2. The Kier molecular flexibility index (Phi) is 9.74. The number of ether oxygens (including phenoxy) is 3. The lowest BCUT2D eigenvalue weighted by atomic mass is 9.47. The molecule has 4 aromatic rings. The van der Waals surface area contributed by atoms with Gasteiger partial charge in [0.25, 0.3) is 0 Å². The third kappa shape index (κ3) is 5.85. The van der Waals surface area contributed by atoms with Crippen LogP contribution in [0.2, 0.25) is 10.0 Å². The lowest BCUT2D eigenvalue weighted by Gasteiger charge is -2.54. The number of ketones is 1. The van der Waals surface area contributed by atoms with Crippen molar-refractivity contribution in [1.29, 1.82) is 5.26 Å². The van der Waals surface area contributed by atoms with Crippen LogP contribution in [0.25, 0.3) is 0 Å². The van der Waals surface area contributed by atoms with Crippen LogP contribution in [0.3, 0.4) is 0 Å². The summed E-state index contributed by atoms with van der Waals surface area (Å²) in [4.78, 5) is 29.2. The predicted octanol–water partition coefficient (Wildman–Crippen LogP) is 7.74. The van der Waals surface area contributed by atoms with Crippen LogP contribution < -0.4 is 9.47 Å². The number of methoxy groups -OCH3 is 2. The van der Waals surface area contributed by atoms with E-state index in [1.54, 1.807) is 111 Å². The molecule has 1 N–H and O–H groups in total. The molecular formula is C37H33Cl2NO6. The molecule has 0 amide bonds. The zero-order chi connectivity index (χ0) is 33.1. The molecule has 0 unspecified atom stereocenters. The first-order valence-electron chi connectivity index (χ1n) is 14.8. The molecule has 0 spiro atoms. The number of nitrogens with zero attached hydrogens (tertiary/aromatic N) is 1. The smallest absolute Gasteiger partial charge is 0.327 e. The van der Waals surface area contributed by atoms with Crippen molar-refractivity contribution in [1.82, 2.24) is 0 Å². The van der Waals surface area contributed by atoms with Crippen LogP contribution in [0.4, 0.5) is 0 Å². The Labute approximate surface area is 278 Å². The normalized spacial score (nSPS) is 24.0. The van der Waals surface area contributed by atoms with Crippen molar-refractivity contribution >= 4 is 35.0 Å². The summed E-state index contributed by atoms with van der Waals surface area (Å²) >= 11 is 12.4. The summed E-state index contributed by atoms with van der Waals surface area (Å²) < 4.78 is 16.4. The fraction of sp³-hybridized carbons (Fsp3) is 0.270. The highest BCUT2D eigenvalue weighted by atomic mass is 35.5. The van der Waals surface area contributed by atoms with Gasteiger partial charge in [-0.2, -0.15) is 5.26 Å². The maximum Gasteiger partial charge on any atom is 0.327 e. The Hall–Kier alpha value is -4.35. The van der Waals surface area contributed by atoms with E-state index in [4.69, 9.17) is 37.4 Å². The van der Waals surface area contributed by atoms with Crippen LogP contribution in [0.15, 0.2) is 97.1 Å². The van der Waals surface area contributed by atoms with E-state index in [-0.39, 0.29) is 18.6 Å². The average Bonchev–Trinajstić information content (AvgIpc) is 3.08. The fourth-order valence-electron chi connectivity index (χ4n) is 6.75. The second kappa shape index (κ2) is 13.6. The second-order valence-corrected chi connectivity index (χ2v) is 12.1. The maximum absolute atomic E-state index is 14.9. The molecule has 9 heteroatoms. The standard InChI is InChI=1S/C37H33Cl2NO6/c1-4-46-35(42)36(22-40)31(23-7-17-29(44-2)18-8-23)21-37(43,26-11-15-28(39)16-12-26)33(34(41)25-5-13-27(38)14-6-25)32(36)24-9-19-30(45-3)20-10-24/h5-20,31-33,43H,4,21H2,1-3H3/t31-,32+,33+,36+,37-/m0/s1. The molecule has 0 aliphatic heterocycles. The van der Waals surface area contributed by atoms with E-state index in [0.717, 1.165) is 0 Å². The van der Waals surface area contributed by atoms with Crippen LogP contribution in [0, 0.1) is 22.7 Å². The summed E-state index contributed by atoms with van der Waals surface area (Å²) in [5.41, 5.74) is -2.09. The molecule has 5 rings (SSSR count). The molecule has 236 valence electrons. The van der Waals surface area contributed by atoms with E-state index in [1.165, 1.54) is 7.11 Å². The Morgan fingerprint density at radius 1 is 0.826 bits per heavy atom. The second-order valence-electron chi connectivity index (χ2n) is 11.3. The first-order valence-corrected chi connectivity index (χ1v) is 15.5. The van der Waals surface area contributed by atoms with Gasteiger partial charge in [-0.3, -0.25) is 9.59 Å². The molecular weight excluding hydrogens is 625 g/mol. The number of carbonyl (C=O) groups excluding carboxylic acids is 2. The lowest BCUT2D eigenvalue weighted by Crippen LogP contribution is -2.59. The highest BCUT2D eigenvalue weighted by molar-refractivity contribution is 6.31. The van der Waals surface area contributed by atoms with Crippen LogP contribution in [-0.2, 0) is 15.1 Å². The number of esters is 1. The summed E-state index contributed by atoms with van der Waals surface area (Å²) in [6.45, 7) is 1.67. The van der Waals surface area contributed by atoms with E-state index in [9.17, 15) is 20.0 Å². The molecule has 5 atom stereocenters. The number of nitriles is 1. The molecule has 1 fully saturated rings. The van der Waals surface area contributed by atoms with Gasteiger partial charge in [-0.25, -0.2) is 0 Å². The van der Waals surface area contributed by atoms with Crippen molar-refractivity contribution in [2.45, 2.75) is 30.8 Å². The number of Topliss-reactive ketones (excluding diaryl/α,β-unsaturated/α-hetero) is 1.